The molecule has 1 aromatic carbocycles. The zero-order valence-electron chi connectivity index (χ0n) is 18.3. The van der Waals surface area contributed by atoms with Crippen LogP contribution in [0, 0.1) is 35.3 Å². The minimum atomic E-state index is -0.893. The molecule has 0 aliphatic rings. The molecule has 0 spiro atoms. The number of rotatable bonds is 4. The first-order valence-electron chi connectivity index (χ1n) is 10.3. The van der Waals surface area contributed by atoms with Gasteiger partial charge in [0.1, 0.15) is 17.3 Å². The summed E-state index contributed by atoms with van der Waals surface area (Å²) >= 11 is 6.12. The van der Waals surface area contributed by atoms with Gasteiger partial charge in [0.25, 0.3) is 11.5 Å². The van der Waals surface area contributed by atoms with Gasteiger partial charge in [-0.05, 0) is 47.7 Å². The SMILES string of the molecule is Cn1cc(Cl)cc(C(CC#CC#Cc2c(C(N)=O)cnc3[nH]ccc23)c2cc(F)ccc2F)c1=O. The first-order chi connectivity index (χ1) is 16.8. The molecule has 1 amide bonds. The molecule has 9 heteroatoms. The number of carbonyl (C=O) groups is 1. The molecule has 35 heavy (non-hydrogen) atoms. The number of H-pyrrole nitrogens is 1. The number of amides is 1. The van der Waals surface area contributed by atoms with Gasteiger partial charge in [-0.1, -0.05) is 23.4 Å². The summed E-state index contributed by atoms with van der Waals surface area (Å²) in [5.41, 5.74) is 6.23. The fourth-order valence-corrected chi connectivity index (χ4v) is 4.00. The normalized spacial score (nSPS) is 11.3. The van der Waals surface area contributed by atoms with Gasteiger partial charge >= 0.3 is 0 Å². The second-order valence-corrected chi connectivity index (χ2v) is 8.09. The van der Waals surface area contributed by atoms with Crippen LogP contribution in [0.2, 0.25) is 5.02 Å². The van der Waals surface area contributed by atoms with Crippen molar-refractivity contribution in [2.75, 3.05) is 0 Å². The van der Waals surface area contributed by atoms with Crippen LogP contribution >= 0.6 is 11.6 Å². The molecular formula is C26H17ClF2N4O2. The number of fused-ring (bicyclic) bond motifs is 1. The molecule has 3 aromatic heterocycles. The van der Waals surface area contributed by atoms with Crippen molar-refractivity contribution in [1.29, 1.82) is 0 Å². The number of benzene rings is 1. The number of nitrogens with two attached hydrogens (primary N) is 1. The largest absolute Gasteiger partial charge is 0.366 e. The Hall–Kier alpha value is -4.40. The quantitative estimate of drug-likeness (QED) is 0.425. The Morgan fingerprint density at radius 3 is 2.80 bits per heavy atom. The van der Waals surface area contributed by atoms with Gasteiger partial charge in [-0.15, -0.1) is 0 Å². The smallest absolute Gasteiger partial charge is 0.254 e. The predicted octanol–water partition coefficient (Wildman–Crippen LogP) is 3.87. The van der Waals surface area contributed by atoms with Crippen molar-refractivity contribution in [3.63, 3.8) is 0 Å². The Morgan fingerprint density at radius 1 is 1.23 bits per heavy atom. The van der Waals surface area contributed by atoms with Crippen molar-refractivity contribution in [3.05, 3.63) is 98.2 Å². The average Bonchev–Trinajstić information content (AvgIpc) is 3.30. The van der Waals surface area contributed by atoms with Gasteiger partial charge in [0.05, 0.1) is 16.1 Å². The molecule has 0 fully saturated rings. The Bertz CT molecular complexity index is 1650. The van der Waals surface area contributed by atoms with Gasteiger partial charge in [0, 0.05) is 48.9 Å². The molecule has 4 aromatic rings. The lowest BCUT2D eigenvalue weighted by Gasteiger charge is -2.17. The molecule has 3 heterocycles. The number of nitrogens with zero attached hydrogens (tertiary/aromatic N) is 2. The predicted molar refractivity (Wildman–Crippen MR) is 129 cm³/mol. The second-order valence-electron chi connectivity index (χ2n) is 7.66. The summed E-state index contributed by atoms with van der Waals surface area (Å²) in [6.07, 6.45) is 4.37. The van der Waals surface area contributed by atoms with Gasteiger partial charge in [0.2, 0.25) is 0 Å². The van der Waals surface area contributed by atoms with Crippen LogP contribution in [0.25, 0.3) is 11.0 Å². The first-order valence-corrected chi connectivity index (χ1v) is 10.7. The maximum absolute atomic E-state index is 14.6. The number of hydrogen-bond acceptors (Lipinski definition) is 3. The van der Waals surface area contributed by atoms with E-state index in [0.717, 1.165) is 18.2 Å². The van der Waals surface area contributed by atoms with E-state index in [0.29, 0.717) is 16.6 Å². The molecule has 6 nitrogen and oxygen atoms in total. The van der Waals surface area contributed by atoms with Crippen molar-refractivity contribution in [2.45, 2.75) is 12.3 Å². The van der Waals surface area contributed by atoms with E-state index >= 15 is 0 Å². The van der Waals surface area contributed by atoms with Crippen LogP contribution in [0.5, 0.6) is 0 Å². The first kappa shape index (κ1) is 23.7. The molecule has 0 aliphatic carbocycles. The van der Waals surface area contributed by atoms with Crippen LogP contribution in [-0.2, 0) is 7.05 Å². The lowest BCUT2D eigenvalue weighted by Crippen LogP contribution is -2.23. The second kappa shape index (κ2) is 9.84. The molecule has 0 bridgehead atoms. The summed E-state index contributed by atoms with van der Waals surface area (Å²) in [6.45, 7) is 0. The van der Waals surface area contributed by atoms with Crippen molar-refractivity contribution < 1.29 is 13.6 Å². The van der Waals surface area contributed by atoms with Crippen LogP contribution in [0.1, 0.15) is 39.4 Å². The molecule has 0 aliphatic heterocycles. The Morgan fingerprint density at radius 2 is 2.03 bits per heavy atom. The van der Waals surface area contributed by atoms with Gasteiger partial charge < -0.3 is 15.3 Å². The highest BCUT2D eigenvalue weighted by atomic mass is 35.5. The third-order valence-corrected chi connectivity index (χ3v) is 5.59. The third-order valence-electron chi connectivity index (χ3n) is 5.38. The summed E-state index contributed by atoms with van der Waals surface area (Å²) < 4.78 is 29.8. The summed E-state index contributed by atoms with van der Waals surface area (Å²) in [5, 5.41) is 0.876. The number of carbonyl (C=O) groups excluding carboxylic acids is 1. The fourth-order valence-electron chi connectivity index (χ4n) is 3.73. The minimum Gasteiger partial charge on any atom is -0.366 e. The molecule has 174 valence electrons. The molecule has 0 saturated heterocycles. The van der Waals surface area contributed by atoms with E-state index in [9.17, 15) is 18.4 Å². The van der Waals surface area contributed by atoms with Gasteiger partial charge in [0.15, 0.2) is 0 Å². The minimum absolute atomic E-state index is 0.0224. The Balaban J connectivity index is 1.74. The fraction of sp³-hybridized carbons (Fsp3) is 0.115. The highest BCUT2D eigenvalue weighted by molar-refractivity contribution is 6.30. The van der Waals surface area contributed by atoms with E-state index in [1.54, 1.807) is 12.3 Å². The van der Waals surface area contributed by atoms with E-state index in [-0.39, 0.29) is 28.1 Å². The van der Waals surface area contributed by atoms with Crippen LogP contribution in [0.15, 0.2) is 53.7 Å². The highest BCUT2D eigenvalue weighted by Crippen LogP contribution is 2.29. The van der Waals surface area contributed by atoms with Crippen molar-refractivity contribution in [3.8, 4) is 23.7 Å². The molecular weight excluding hydrogens is 474 g/mol. The summed E-state index contributed by atoms with van der Waals surface area (Å²) in [4.78, 5) is 31.6. The van der Waals surface area contributed by atoms with E-state index in [1.807, 2.05) is 0 Å². The molecule has 4 rings (SSSR count). The zero-order chi connectivity index (χ0) is 25.1. The van der Waals surface area contributed by atoms with Gasteiger partial charge in [-0.3, -0.25) is 9.59 Å². The lowest BCUT2D eigenvalue weighted by atomic mass is 9.89. The summed E-state index contributed by atoms with van der Waals surface area (Å²) in [6, 6.07) is 6.16. The molecule has 1 unspecified atom stereocenters. The molecule has 3 N–H and O–H groups in total. The van der Waals surface area contributed by atoms with E-state index < -0.39 is 29.0 Å². The van der Waals surface area contributed by atoms with E-state index in [1.165, 1.54) is 30.1 Å². The number of aromatic amines is 1. The monoisotopic (exact) mass is 490 g/mol. The maximum atomic E-state index is 14.6. The number of halogens is 3. The molecule has 0 radical (unpaired) electrons. The molecule has 1 atom stereocenters. The highest BCUT2D eigenvalue weighted by Gasteiger charge is 2.22. The summed E-state index contributed by atoms with van der Waals surface area (Å²) in [5.74, 6) is 8.05. The van der Waals surface area contributed by atoms with Crippen LogP contribution in [0.4, 0.5) is 8.78 Å². The van der Waals surface area contributed by atoms with Crippen LogP contribution in [0.3, 0.4) is 0 Å². The number of hydrogen-bond donors (Lipinski definition) is 2. The lowest BCUT2D eigenvalue weighted by molar-refractivity contribution is 0.1000. The van der Waals surface area contributed by atoms with Gasteiger partial charge in [-0.25, -0.2) is 13.8 Å². The average molecular weight is 491 g/mol. The standard InChI is InChI=1S/C26H17ClF2N4O2/c1-33-14-15(27)11-21(26(33)35)18(20-12-16(28)7-8-23(20)29)6-4-2-3-5-17-19-9-10-31-25(19)32-13-22(17)24(30)34/h7-14,18H,6H2,1H3,(H2,30,34)(H,31,32). The molecule has 0 saturated carbocycles. The number of pyridine rings is 2. The number of aromatic nitrogens is 3. The van der Waals surface area contributed by atoms with Crippen molar-refractivity contribution in [1.82, 2.24) is 14.5 Å². The van der Waals surface area contributed by atoms with E-state index in [2.05, 4.69) is 33.6 Å². The van der Waals surface area contributed by atoms with Crippen molar-refractivity contribution >= 4 is 28.5 Å². The Kier molecular flexibility index (Phi) is 6.68. The number of primary amides is 1. The maximum Gasteiger partial charge on any atom is 0.254 e. The number of nitrogens with one attached hydrogen (secondary N) is 1. The van der Waals surface area contributed by atoms with Crippen LogP contribution in [-0.4, -0.2) is 20.4 Å². The van der Waals surface area contributed by atoms with Crippen molar-refractivity contribution in [2.24, 2.45) is 12.8 Å². The number of aryl methyl sites for hydroxylation is 1. The third kappa shape index (κ3) is 4.93. The zero-order valence-corrected chi connectivity index (χ0v) is 19.1. The summed E-state index contributed by atoms with van der Waals surface area (Å²) in [7, 11) is 1.51. The van der Waals surface area contributed by atoms with E-state index in [4.69, 9.17) is 17.3 Å². The topological polar surface area (TPSA) is 93.8 Å². The van der Waals surface area contributed by atoms with Crippen LogP contribution < -0.4 is 11.3 Å². The van der Waals surface area contributed by atoms with Gasteiger partial charge in [-0.2, -0.15) is 0 Å². The Labute approximate surface area is 203 Å².